The van der Waals surface area contributed by atoms with Gasteiger partial charge in [0, 0.05) is 27.6 Å². The zero-order valence-electron chi connectivity index (χ0n) is 15.7. The Morgan fingerprint density at radius 1 is 1.10 bits per heavy atom. The van der Waals surface area contributed by atoms with Crippen molar-refractivity contribution < 1.29 is 19.0 Å². The number of hydrogen-bond acceptors (Lipinski definition) is 4. The lowest BCUT2D eigenvalue weighted by Crippen LogP contribution is -2.10. The largest absolute Gasteiger partial charge is 0.481 e. The van der Waals surface area contributed by atoms with Crippen LogP contribution in [0.3, 0.4) is 0 Å². The normalized spacial score (nSPS) is 10.1. The van der Waals surface area contributed by atoms with Gasteiger partial charge in [-0.2, -0.15) is 0 Å². The van der Waals surface area contributed by atoms with E-state index < -0.39 is 5.97 Å². The van der Waals surface area contributed by atoms with E-state index in [-0.39, 0.29) is 12.4 Å². The van der Waals surface area contributed by atoms with Crippen LogP contribution in [0.1, 0.15) is 5.56 Å². The smallest absolute Gasteiger partial charge is 0.341 e. The van der Waals surface area contributed by atoms with Gasteiger partial charge in [0.15, 0.2) is 6.61 Å². The van der Waals surface area contributed by atoms with Crippen LogP contribution in [0.15, 0.2) is 71.6 Å². The molecule has 0 saturated carbocycles. The molecule has 0 unspecified atom stereocenters. The molecule has 3 aromatic rings. The molecule has 29 heavy (non-hydrogen) atoms. The second-order valence-electron chi connectivity index (χ2n) is 6.00. The quantitative estimate of drug-likeness (QED) is 0.461. The summed E-state index contributed by atoms with van der Waals surface area (Å²) in [7, 11) is 1.87. The summed E-state index contributed by atoms with van der Waals surface area (Å²) < 4.78 is 17.4. The van der Waals surface area contributed by atoms with Crippen LogP contribution < -0.4 is 10.1 Å². The summed E-state index contributed by atoms with van der Waals surface area (Å²) in [5.74, 6) is -0.729. The Balaban J connectivity index is 0.000000313. The molecule has 0 radical (unpaired) electrons. The summed E-state index contributed by atoms with van der Waals surface area (Å²) in [4.78, 5) is 11.5. The lowest BCUT2D eigenvalue weighted by Gasteiger charge is -2.13. The van der Waals surface area contributed by atoms with Crippen LogP contribution in [0, 0.1) is 5.82 Å². The Bertz CT molecular complexity index is 930. The molecule has 0 aliphatic heterocycles. The molecule has 0 spiro atoms. The van der Waals surface area contributed by atoms with E-state index in [9.17, 15) is 9.18 Å². The van der Waals surface area contributed by atoms with Crippen LogP contribution in [0.4, 0.5) is 4.39 Å². The van der Waals surface area contributed by atoms with E-state index in [0.29, 0.717) is 17.3 Å². The van der Waals surface area contributed by atoms with E-state index in [1.54, 1.807) is 24.3 Å². The Hall–Kier alpha value is -2.54. The molecule has 0 aliphatic rings. The van der Waals surface area contributed by atoms with Crippen LogP contribution in [0.25, 0.3) is 11.1 Å². The zero-order chi connectivity index (χ0) is 21.2. The average molecular weight is 434 g/mol. The predicted molar refractivity (Wildman–Crippen MR) is 116 cm³/mol. The SMILES string of the molecule is CNCc1ccc(OCC(=O)O)c(-c2ccccc2Cl)c1.Fc1ccc(S)cc1. The van der Waals surface area contributed by atoms with Gasteiger partial charge in [0.05, 0.1) is 0 Å². The van der Waals surface area contributed by atoms with E-state index in [4.69, 9.17) is 21.4 Å². The van der Waals surface area contributed by atoms with Crippen LogP contribution in [0.2, 0.25) is 5.02 Å². The molecule has 3 aromatic carbocycles. The van der Waals surface area contributed by atoms with Crippen molar-refractivity contribution in [2.45, 2.75) is 11.4 Å². The fourth-order valence-electron chi connectivity index (χ4n) is 2.49. The van der Waals surface area contributed by atoms with Gasteiger partial charge in [-0.25, -0.2) is 9.18 Å². The molecule has 0 fully saturated rings. The van der Waals surface area contributed by atoms with Crippen molar-refractivity contribution in [1.29, 1.82) is 0 Å². The van der Waals surface area contributed by atoms with Gasteiger partial charge in [0.1, 0.15) is 11.6 Å². The molecule has 7 heteroatoms. The van der Waals surface area contributed by atoms with Gasteiger partial charge in [-0.1, -0.05) is 35.9 Å². The number of carboxylic acid groups (broad SMARTS) is 1. The van der Waals surface area contributed by atoms with E-state index >= 15 is 0 Å². The molecule has 2 N–H and O–H groups in total. The van der Waals surface area contributed by atoms with Crippen LogP contribution in [-0.4, -0.2) is 24.7 Å². The maximum absolute atomic E-state index is 12.1. The standard InChI is InChI=1S/C16H16ClNO3.C6H5FS/c1-18-9-11-6-7-15(21-10-16(19)20)13(8-11)12-4-2-3-5-14(12)17;7-5-1-3-6(8)4-2-5/h2-8,18H,9-10H2,1H3,(H,19,20);1-4,8H. The van der Waals surface area contributed by atoms with Gasteiger partial charge >= 0.3 is 5.97 Å². The van der Waals surface area contributed by atoms with Crippen LogP contribution in [0.5, 0.6) is 5.75 Å². The zero-order valence-corrected chi connectivity index (χ0v) is 17.4. The number of ether oxygens (including phenoxy) is 1. The number of carboxylic acids is 1. The first-order chi connectivity index (χ1) is 13.9. The number of benzene rings is 3. The minimum absolute atomic E-state index is 0.220. The van der Waals surface area contributed by atoms with Crippen molar-refractivity contribution in [1.82, 2.24) is 5.32 Å². The van der Waals surface area contributed by atoms with Crippen molar-refractivity contribution >= 4 is 30.2 Å². The second-order valence-corrected chi connectivity index (χ2v) is 6.92. The molecule has 0 saturated heterocycles. The van der Waals surface area contributed by atoms with Crippen LogP contribution in [-0.2, 0) is 11.3 Å². The first-order valence-corrected chi connectivity index (χ1v) is 9.54. The summed E-state index contributed by atoms with van der Waals surface area (Å²) in [6, 6.07) is 19.0. The molecule has 152 valence electrons. The molecule has 0 atom stereocenters. The summed E-state index contributed by atoms with van der Waals surface area (Å²) in [6.45, 7) is 0.319. The van der Waals surface area contributed by atoms with E-state index in [1.807, 2.05) is 37.4 Å². The summed E-state index contributed by atoms with van der Waals surface area (Å²) in [5, 5.41) is 12.4. The number of thiol groups is 1. The number of hydrogen-bond donors (Lipinski definition) is 3. The number of nitrogens with one attached hydrogen (secondary N) is 1. The minimum Gasteiger partial charge on any atom is -0.481 e. The van der Waals surface area contributed by atoms with Gasteiger partial charge < -0.3 is 15.2 Å². The summed E-state index contributed by atoms with van der Waals surface area (Å²) in [6.07, 6.45) is 0. The first kappa shape index (κ1) is 22.7. The molecule has 0 aromatic heterocycles. The van der Waals surface area contributed by atoms with E-state index in [1.165, 1.54) is 12.1 Å². The third kappa shape index (κ3) is 7.42. The van der Waals surface area contributed by atoms with Crippen molar-refractivity contribution in [3.8, 4) is 16.9 Å². The highest BCUT2D eigenvalue weighted by molar-refractivity contribution is 7.80. The summed E-state index contributed by atoms with van der Waals surface area (Å²) >= 11 is 10.2. The molecule has 0 aliphatic carbocycles. The maximum atomic E-state index is 12.1. The molecule has 3 rings (SSSR count). The molecular weight excluding hydrogens is 413 g/mol. The Labute approximate surface area is 179 Å². The predicted octanol–water partition coefficient (Wildman–Crippen LogP) is 5.30. The van der Waals surface area contributed by atoms with E-state index in [0.717, 1.165) is 21.6 Å². The molecule has 4 nitrogen and oxygen atoms in total. The van der Waals surface area contributed by atoms with Gasteiger partial charge in [-0.3, -0.25) is 0 Å². The monoisotopic (exact) mass is 433 g/mol. The van der Waals surface area contributed by atoms with Crippen molar-refractivity contribution in [2.75, 3.05) is 13.7 Å². The Kier molecular flexibility index (Phi) is 8.99. The van der Waals surface area contributed by atoms with Crippen molar-refractivity contribution in [2.24, 2.45) is 0 Å². The molecule has 0 bridgehead atoms. The van der Waals surface area contributed by atoms with Gasteiger partial charge in [-0.15, -0.1) is 12.6 Å². The lowest BCUT2D eigenvalue weighted by molar-refractivity contribution is -0.139. The van der Waals surface area contributed by atoms with Gasteiger partial charge in [-0.05, 0) is 55.1 Å². The number of carbonyl (C=O) groups is 1. The molecular formula is C22H21ClFNO3S. The van der Waals surface area contributed by atoms with Crippen molar-refractivity contribution in [3.63, 3.8) is 0 Å². The third-order valence-corrected chi connectivity index (χ3v) is 4.39. The Morgan fingerprint density at radius 3 is 2.38 bits per heavy atom. The number of halogens is 2. The van der Waals surface area contributed by atoms with Crippen molar-refractivity contribution in [3.05, 3.63) is 83.1 Å². The number of aliphatic carboxylic acids is 1. The Morgan fingerprint density at radius 2 is 1.79 bits per heavy atom. The van der Waals surface area contributed by atoms with Crippen LogP contribution >= 0.6 is 24.2 Å². The van der Waals surface area contributed by atoms with Gasteiger partial charge in [0.2, 0.25) is 0 Å². The molecule has 0 amide bonds. The minimum atomic E-state index is -1.01. The lowest BCUT2D eigenvalue weighted by atomic mass is 10.0. The summed E-state index contributed by atoms with van der Waals surface area (Å²) in [5.41, 5.74) is 2.67. The fraction of sp³-hybridized carbons (Fsp3) is 0.136. The fourth-order valence-corrected chi connectivity index (χ4v) is 2.87. The highest BCUT2D eigenvalue weighted by atomic mass is 35.5. The number of rotatable bonds is 6. The molecule has 0 heterocycles. The maximum Gasteiger partial charge on any atom is 0.341 e. The topological polar surface area (TPSA) is 58.6 Å². The van der Waals surface area contributed by atoms with Gasteiger partial charge in [0.25, 0.3) is 0 Å². The first-order valence-electron chi connectivity index (χ1n) is 8.72. The average Bonchev–Trinajstić information content (AvgIpc) is 2.70. The third-order valence-electron chi connectivity index (χ3n) is 3.77. The highest BCUT2D eigenvalue weighted by Crippen LogP contribution is 2.35. The van der Waals surface area contributed by atoms with E-state index in [2.05, 4.69) is 17.9 Å². The second kappa shape index (κ2) is 11.5. The highest BCUT2D eigenvalue weighted by Gasteiger charge is 2.12.